The summed E-state index contributed by atoms with van der Waals surface area (Å²) in [5.74, 6) is 0. The third-order valence-corrected chi connectivity index (χ3v) is 3.02. The average molecular weight is 454 g/mol. The second-order valence-corrected chi connectivity index (χ2v) is 7.52. The van der Waals surface area contributed by atoms with E-state index in [1.807, 2.05) is 36.3 Å². The van der Waals surface area contributed by atoms with Crippen LogP contribution in [-0.4, -0.2) is 46.8 Å². The molecule has 0 saturated carbocycles. The molecule has 2 aliphatic heterocycles. The second kappa shape index (κ2) is 15.5. The van der Waals surface area contributed by atoms with Crippen molar-refractivity contribution in [2.45, 2.75) is 39.5 Å². The number of halogens is 2. The summed E-state index contributed by atoms with van der Waals surface area (Å²) in [5, 5.41) is 0. The van der Waals surface area contributed by atoms with Crippen LogP contribution >= 0.6 is 19.1 Å². The van der Waals surface area contributed by atoms with Gasteiger partial charge in [0.15, 0.2) is 0 Å². The molecule has 4 nitrogen and oxygen atoms in total. The van der Waals surface area contributed by atoms with Crippen LogP contribution in [0.15, 0.2) is 24.8 Å². The van der Waals surface area contributed by atoms with Gasteiger partial charge in [0.05, 0.1) is 0 Å². The maximum atomic E-state index is 4.81. The number of unbranched alkanes of at least 4 members (excludes halogenated alkanes) is 2. The van der Waals surface area contributed by atoms with E-state index < -0.39 is 0 Å². The molecule has 0 atom stereocenters. The van der Waals surface area contributed by atoms with Gasteiger partial charge in [-0.15, -0.1) is 0 Å². The van der Waals surface area contributed by atoms with Crippen LogP contribution in [0, 0.1) is 13.3 Å². The molecule has 0 aromatic rings. The quantitative estimate of drug-likeness (QED) is 0.553. The Morgan fingerprint density at radius 2 is 1.13 bits per heavy atom. The van der Waals surface area contributed by atoms with Gasteiger partial charge in [0, 0.05) is 52.0 Å². The van der Waals surface area contributed by atoms with Crippen molar-refractivity contribution < 1.29 is 15.9 Å². The molecular formula is C16H28Cl2N4Pd. The molecule has 2 rings (SSSR count). The standard InChI is InChI=1S/2C8H14N2.2ClH.Pd/c2*1-3-4-5-10-7-6-9(2)8-10;;;/h2*6-7H,3-5H2,1-2H3;2*1H;/q;;;;+2/p-2. The van der Waals surface area contributed by atoms with Gasteiger partial charge in [0.2, 0.25) is 13.3 Å². The Bertz CT molecular complexity index is 299. The predicted octanol–water partition coefficient (Wildman–Crippen LogP) is 4.38. The van der Waals surface area contributed by atoms with Crippen LogP contribution in [0.3, 0.4) is 0 Å². The Kier molecular flexibility index (Phi) is 15.4. The second-order valence-electron chi connectivity index (χ2n) is 5.16. The number of nitrogens with zero attached hydrogens (tertiary/aromatic N) is 4. The van der Waals surface area contributed by atoms with Gasteiger partial charge in [-0.3, -0.25) is 0 Å². The van der Waals surface area contributed by atoms with Gasteiger partial charge in [0.25, 0.3) is 0 Å². The molecular weight excluding hydrogens is 426 g/mol. The van der Waals surface area contributed by atoms with E-state index in [2.05, 4.69) is 49.4 Å². The minimum absolute atomic E-state index is 0.106. The van der Waals surface area contributed by atoms with Crippen LogP contribution in [0.4, 0.5) is 0 Å². The fourth-order valence-electron chi connectivity index (χ4n) is 1.81. The maximum absolute atomic E-state index is 4.81. The molecule has 0 aromatic carbocycles. The Balaban J connectivity index is 0.000000360. The molecule has 0 spiro atoms. The van der Waals surface area contributed by atoms with Gasteiger partial charge in [-0.1, -0.05) is 26.7 Å². The molecule has 0 N–H and O–H groups in total. The fourth-order valence-corrected chi connectivity index (χ4v) is 1.81. The molecule has 0 amide bonds. The molecule has 2 aliphatic rings. The summed E-state index contributed by atoms with van der Waals surface area (Å²) in [6.45, 7) is 12.9. The van der Waals surface area contributed by atoms with Crippen molar-refractivity contribution in [2.75, 3.05) is 27.2 Å². The van der Waals surface area contributed by atoms with E-state index in [9.17, 15) is 0 Å². The molecule has 4 radical (unpaired) electrons. The van der Waals surface area contributed by atoms with Gasteiger partial charge in [0.1, 0.15) is 0 Å². The Morgan fingerprint density at radius 1 is 0.783 bits per heavy atom. The molecule has 136 valence electrons. The third kappa shape index (κ3) is 12.9. The van der Waals surface area contributed by atoms with Crippen molar-refractivity contribution in [1.29, 1.82) is 0 Å². The van der Waals surface area contributed by atoms with Crippen molar-refractivity contribution in [3.63, 3.8) is 0 Å². The van der Waals surface area contributed by atoms with E-state index in [-0.39, 0.29) is 15.9 Å². The average Bonchev–Trinajstić information content (AvgIpc) is 3.13. The monoisotopic (exact) mass is 452 g/mol. The number of hydrogen-bond donors (Lipinski definition) is 0. The summed E-state index contributed by atoms with van der Waals surface area (Å²) in [6.07, 6.45) is 13.1. The van der Waals surface area contributed by atoms with E-state index in [1.165, 1.54) is 25.7 Å². The summed E-state index contributed by atoms with van der Waals surface area (Å²) in [7, 11) is 13.6. The Morgan fingerprint density at radius 3 is 1.35 bits per heavy atom. The SMILES string of the molecule is CCCCN1[C]N(C)C=C1.CCCCN1[C]N(C)C=C1.[Cl][Pd][Cl]. The van der Waals surface area contributed by atoms with E-state index >= 15 is 0 Å². The summed E-state index contributed by atoms with van der Waals surface area (Å²) in [4.78, 5) is 8.05. The normalized spacial score (nSPS) is 15.7. The van der Waals surface area contributed by atoms with Crippen LogP contribution in [0.2, 0.25) is 0 Å². The molecule has 0 unspecified atom stereocenters. The molecule has 7 heteroatoms. The first-order valence-electron chi connectivity index (χ1n) is 7.77. The summed E-state index contributed by atoms with van der Waals surface area (Å²) < 4.78 is 0. The fraction of sp³-hybridized carbons (Fsp3) is 0.625. The minimum atomic E-state index is -0.106. The third-order valence-electron chi connectivity index (χ3n) is 3.02. The molecule has 23 heavy (non-hydrogen) atoms. The van der Waals surface area contributed by atoms with Crippen molar-refractivity contribution in [2.24, 2.45) is 0 Å². The van der Waals surface area contributed by atoms with Crippen molar-refractivity contribution >= 4 is 19.1 Å². The van der Waals surface area contributed by atoms with Crippen LogP contribution in [0.1, 0.15) is 39.5 Å². The van der Waals surface area contributed by atoms with Crippen LogP contribution < -0.4 is 0 Å². The first-order valence-corrected chi connectivity index (χ1v) is 11.8. The van der Waals surface area contributed by atoms with Crippen LogP contribution in [-0.2, 0) is 15.9 Å². The zero-order valence-electron chi connectivity index (χ0n) is 14.4. The summed E-state index contributed by atoms with van der Waals surface area (Å²) in [5.41, 5.74) is 0. The first-order chi connectivity index (χ1) is 11.1. The number of rotatable bonds is 6. The van der Waals surface area contributed by atoms with Crippen molar-refractivity contribution in [3.8, 4) is 0 Å². The molecule has 0 fully saturated rings. The summed E-state index contributed by atoms with van der Waals surface area (Å²) in [6, 6.07) is 0. The van der Waals surface area contributed by atoms with Crippen LogP contribution in [0.25, 0.3) is 0 Å². The van der Waals surface area contributed by atoms with Crippen LogP contribution in [0.5, 0.6) is 0 Å². The Labute approximate surface area is 159 Å². The predicted molar refractivity (Wildman–Crippen MR) is 95.2 cm³/mol. The Hall–Kier alpha value is -0.0777. The molecule has 0 aliphatic carbocycles. The zero-order chi connectivity index (χ0) is 17.5. The zero-order valence-corrected chi connectivity index (χ0v) is 17.5. The van der Waals surface area contributed by atoms with Gasteiger partial charge in [-0.05, 0) is 12.8 Å². The van der Waals surface area contributed by atoms with E-state index in [1.54, 1.807) is 0 Å². The topological polar surface area (TPSA) is 13.0 Å². The van der Waals surface area contributed by atoms with E-state index in [0.717, 1.165) is 13.1 Å². The van der Waals surface area contributed by atoms with Crippen molar-refractivity contribution in [1.82, 2.24) is 19.6 Å². The molecule has 0 bridgehead atoms. The van der Waals surface area contributed by atoms with Gasteiger partial charge in [-0.2, -0.15) is 0 Å². The van der Waals surface area contributed by atoms with E-state index in [4.69, 9.17) is 19.1 Å². The molecule has 2 heterocycles. The number of hydrogen-bond acceptors (Lipinski definition) is 4. The van der Waals surface area contributed by atoms with Gasteiger partial charge < -0.3 is 19.6 Å². The van der Waals surface area contributed by atoms with Gasteiger partial charge >= 0.3 is 35.0 Å². The molecule has 0 aromatic heterocycles. The van der Waals surface area contributed by atoms with Gasteiger partial charge in [-0.25, -0.2) is 0 Å². The first kappa shape index (κ1) is 22.9. The van der Waals surface area contributed by atoms with Crippen molar-refractivity contribution in [3.05, 3.63) is 38.1 Å². The molecule has 0 saturated heterocycles. The van der Waals surface area contributed by atoms with E-state index in [0.29, 0.717) is 0 Å². The summed E-state index contributed by atoms with van der Waals surface area (Å²) >= 11 is -0.106.